The van der Waals surface area contributed by atoms with E-state index in [-0.39, 0.29) is 25.2 Å². The van der Waals surface area contributed by atoms with E-state index >= 15 is 0 Å². The van der Waals surface area contributed by atoms with E-state index in [1.54, 1.807) is 0 Å². The van der Waals surface area contributed by atoms with Crippen molar-refractivity contribution >= 4 is 185 Å². The minimum atomic E-state index is -2.23. The second-order valence-electron chi connectivity index (χ2n) is 40.9. The van der Waals surface area contributed by atoms with Gasteiger partial charge in [0.2, 0.25) is 0 Å². The fourth-order valence-corrected chi connectivity index (χ4v) is 29.1. The molecule has 8 nitrogen and oxygen atoms in total. The third kappa shape index (κ3) is 12.8. The number of hydrogen-bond acceptors (Lipinski definition) is 4. The third-order valence-corrected chi connectivity index (χ3v) is 55.5. The Morgan fingerprint density at radius 2 is 0.491 bits per heavy atom. The predicted octanol–water partition coefficient (Wildman–Crippen LogP) is 31.9. The van der Waals surface area contributed by atoms with Crippen molar-refractivity contribution in [3.63, 3.8) is 0 Å². The molecule has 13 heteroatoms. The summed E-state index contributed by atoms with van der Waals surface area (Å²) in [6.45, 7) is 66.6. The van der Waals surface area contributed by atoms with Gasteiger partial charge in [0.25, 0.3) is 0 Å². The van der Waals surface area contributed by atoms with Crippen LogP contribution in [0.2, 0.25) is 90.7 Å². The van der Waals surface area contributed by atoms with Crippen LogP contribution >= 0.6 is 0 Å². The lowest BCUT2D eigenvalue weighted by molar-refractivity contribution is 0.705. The molecule has 0 fully saturated rings. The lowest BCUT2D eigenvalue weighted by atomic mass is 10.1. The molecule has 16 rings (SSSR count). The van der Waals surface area contributed by atoms with Gasteiger partial charge in [0.05, 0.1) is 0 Å². The molecule has 1 aliphatic rings. The van der Waals surface area contributed by atoms with Crippen molar-refractivity contribution in [1.29, 1.82) is 0 Å². The van der Waals surface area contributed by atoms with Crippen LogP contribution in [-0.2, 0) is 6.42 Å². The van der Waals surface area contributed by atoms with Crippen molar-refractivity contribution in [1.82, 2.24) is 16.9 Å². The summed E-state index contributed by atoms with van der Waals surface area (Å²) in [6.07, 6.45) is 9.66. The molecule has 0 saturated carbocycles. The van der Waals surface area contributed by atoms with E-state index in [9.17, 15) is 0 Å². The number of nitrogens with zero attached hydrogens (tertiary/aromatic N) is 8. The van der Waals surface area contributed by atoms with Crippen LogP contribution in [-0.4, -0.2) is 58.1 Å². The van der Waals surface area contributed by atoms with Crippen molar-refractivity contribution < 1.29 is 0 Å². The summed E-state index contributed by atoms with van der Waals surface area (Å²) in [5.41, 5.74) is 23.7. The van der Waals surface area contributed by atoms with Crippen molar-refractivity contribution in [2.24, 2.45) is 0 Å². The fourth-order valence-electron chi connectivity index (χ4n) is 17.8. The van der Waals surface area contributed by atoms with E-state index in [0.29, 0.717) is 0 Å². The van der Waals surface area contributed by atoms with Gasteiger partial charge in [0, 0.05) is 150 Å². The molecule has 594 valence electrons. The lowest BCUT2D eigenvalue weighted by Crippen LogP contribution is -2.54. The molecular formula is C103H122N8Si5. The summed E-state index contributed by atoms with van der Waals surface area (Å²) < 4.78 is 13.6. The number of aromatic nitrogens is 4. The van der Waals surface area contributed by atoms with Gasteiger partial charge < -0.3 is 36.2 Å². The maximum absolute atomic E-state index is 4.79. The monoisotopic (exact) mass is 1610 g/mol. The molecule has 0 atom stereocenters. The quantitative estimate of drug-likeness (QED) is 0.102. The lowest BCUT2D eigenvalue weighted by Gasteiger charge is -2.48. The summed E-state index contributed by atoms with van der Waals surface area (Å²) in [4.78, 5) is 7.54. The Labute approximate surface area is 696 Å². The Balaban J connectivity index is 0.909. The molecular weight excluding hydrogens is 1490 g/mol. The highest BCUT2D eigenvalue weighted by molar-refractivity contribution is 6.84. The molecule has 0 N–H and O–H groups in total. The van der Waals surface area contributed by atoms with Gasteiger partial charge in [-0.05, 0) is 207 Å². The summed E-state index contributed by atoms with van der Waals surface area (Å²) in [6, 6.07) is 91.9. The zero-order valence-electron chi connectivity index (χ0n) is 73.8. The molecule has 1 aliphatic heterocycles. The molecule has 11 aromatic carbocycles. The van der Waals surface area contributed by atoms with Gasteiger partial charge in [-0.2, -0.15) is 0 Å². The van der Waals surface area contributed by atoms with Crippen LogP contribution in [0.25, 0.3) is 87.2 Å². The minimum absolute atomic E-state index is 0.0501. The van der Waals surface area contributed by atoms with E-state index < -0.39 is 41.2 Å². The molecule has 15 aromatic rings. The average molecular weight is 1610 g/mol. The number of hydrogen-bond donors (Lipinski definition) is 0. The number of para-hydroxylation sites is 4. The topological polar surface area (TPSA) is 32.7 Å². The predicted molar refractivity (Wildman–Crippen MR) is 524 cm³/mol. The van der Waals surface area contributed by atoms with E-state index in [0.717, 1.165) is 63.3 Å². The molecule has 0 amide bonds. The first-order chi connectivity index (χ1) is 54.5. The highest BCUT2D eigenvalue weighted by Crippen LogP contribution is 2.53. The minimum Gasteiger partial charge on any atom is -0.369 e. The molecule has 0 spiro atoms. The Morgan fingerprint density at radius 1 is 0.259 bits per heavy atom. The van der Waals surface area contributed by atoms with Crippen LogP contribution in [0.5, 0.6) is 0 Å². The second-order valence-corrected chi connectivity index (χ2v) is 66.3. The zero-order chi connectivity index (χ0) is 82.9. The van der Waals surface area contributed by atoms with E-state index in [2.05, 4.69) is 466 Å². The highest BCUT2D eigenvalue weighted by atomic mass is 28.3. The highest BCUT2D eigenvalue weighted by Gasteiger charge is 2.46. The van der Waals surface area contributed by atoms with Crippen LogP contribution in [0.3, 0.4) is 0 Å². The SMILES string of the molecule is C=C1/C=C\C=C/Cc2cc(N(c3ccc(N(c4ccc(N(c5ccc6c(c5)c5ccccc5n6[Si](C)(C)C(C)(C)C)c5ccc6c(c5)c5ccccc5n6[Si](C)(C)C(C)(C)C)cc4)c4ccc5c(c4)c4ccccc4n5[Si](C)(C)C(C)(C)C)cc3)c3ccc4c(c3)c3ccccc3n4[Si](C)(C)C(C)(C)C)ccc2N1[Si](C)(C)C(C)(C)C. The molecule has 116 heavy (non-hydrogen) atoms. The van der Waals surface area contributed by atoms with Crippen LogP contribution in [0.1, 0.15) is 109 Å². The number of anilines is 10. The van der Waals surface area contributed by atoms with Crippen LogP contribution < -0.4 is 19.3 Å². The summed E-state index contributed by atoms with van der Waals surface area (Å²) in [7, 11) is -10.8. The molecule has 0 unspecified atom stereocenters. The maximum Gasteiger partial charge on any atom is 0.161 e. The van der Waals surface area contributed by atoms with Gasteiger partial charge in [-0.25, -0.2) is 0 Å². The van der Waals surface area contributed by atoms with Crippen LogP contribution in [0, 0.1) is 0 Å². The van der Waals surface area contributed by atoms with Gasteiger partial charge in [-0.3, -0.25) is 0 Å². The molecule has 5 heterocycles. The van der Waals surface area contributed by atoms with Crippen LogP contribution in [0.4, 0.5) is 56.9 Å². The first kappa shape index (κ1) is 79.9. The van der Waals surface area contributed by atoms with Crippen molar-refractivity contribution in [2.45, 2.75) is 201 Å². The summed E-state index contributed by atoms with van der Waals surface area (Å²) in [5, 5.41) is 10.7. The largest absolute Gasteiger partial charge is 0.369 e. The number of benzene rings is 11. The number of fused-ring (bicyclic) bond motifs is 13. The van der Waals surface area contributed by atoms with Gasteiger partial charge in [-0.15, -0.1) is 0 Å². The second kappa shape index (κ2) is 27.9. The van der Waals surface area contributed by atoms with Crippen molar-refractivity contribution in [3.8, 4) is 0 Å². The normalized spacial score (nSPS) is 14.7. The Morgan fingerprint density at radius 3 is 0.767 bits per heavy atom. The maximum atomic E-state index is 4.79. The summed E-state index contributed by atoms with van der Waals surface area (Å²) >= 11 is 0. The fraction of sp³-hybridized carbons (Fsp3) is 0.301. The molecule has 0 radical (unpaired) electrons. The van der Waals surface area contributed by atoms with Crippen LogP contribution in [0.15, 0.2) is 273 Å². The Bertz CT molecular complexity index is 6330. The van der Waals surface area contributed by atoms with Gasteiger partial charge >= 0.3 is 0 Å². The third-order valence-electron chi connectivity index (χ3n) is 29.1. The first-order valence-electron chi connectivity index (χ1n) is 42.2. The first-order valence-corrected chi connectivity index (χ1v) is 56.9. The van der Waals surface area contributed by atoms with Crippen molar-refractivity contribution in [2.75, 3.05) is 19.3 Å². The standard InChI is InChI=1S/C103H122N8Si5/c1-71-38-28-27-29-39-72-66-77(56-61-90(72)107(71)112(17,18)99(2,3)4)105(79-58-63-96-87(68-79)83-41-31-35-45-92(83)109(96)114(21,22)101(8,9)10)75-52-48-73(49-53-75)104(78-57-62-95-86(67-78)82-40-30-34-44-91(82)108(95)113(19,20)100(5,6)7)74-50-54-76(55-51-74)106(80-59-64-97-88(69-80)84-42-32-36-46-93(84)110(97)115(23,24)102(11,12)13)81-60-65-98-89(70-81)85-43-33-37-47-94(85)111(98)116(25,26)103(14,15)16/h27-38,40-70H,1,39H2,2-26H3/b29-27-,38-28-. The van der Waals surface area contributed by atoms with Gasteiger partial charge in [-0.1, -0.05) is 267 Å². The van der Waals surface area contributed by atoms with E-state index in [1.807, 2.05) is 0 Å². The molecule has 0 aliphatic carbocycles. The molecule has 0 bridgehead atoms. The van der Waals surface area contributed by atoms with Crippen molar-refractivity contribution in [3.05, 3.63) is 279 Å². The molecule has 4 aromatic heterocycles. The Kier molecular flexibility index (Phi) is 19.2. The van der Waals surface area contributed by atoms with Gasteiger partial charge in [0.15, 0.2) is 41.2 Å². The summed E-state index contributed by atoms with van der Waals surface area (Å²) in [5.74, 6) is 0. The Hall–Kier alpha value is -9.88. The smallest absolute Gasteiger partial charge is 0.161 e. The average Bonchev–Trinajstić information content (AvgIpc) is 1.58. The van der Waals surface area contributed by atoms with E-state index in [4.69, 9.17) is 6.58 Å². The number of rotatable bonds is 14. The molecule has 0 saturated heterocycles. The number of allylic oxidation sites excluding steroid dienone is 4. The van der Waals surface area contributed by atoms with E-state index in [1.165, 1.54) is 98.5 Å². The van der Waals surface area contributed by atoms with Gasteiger partial charge in [0.1, 0.15) is 0 Å². The zero-order valence-corrected chi connectivity index (χ0v) is 78.8.